The van der Waals surface area contributed by atoms with Crippen LogP contribution in [-0.4, -0.2) is 27.0 Å². The van der Waals surface area contributed by atoms with E-state index in [9.17, 15) is 9.18 Å². The quantitative estimate of drug-likeness (QED) is 0.799. The first-order valence-electron chi connectivity index (χ1n) is 7.06. The topological polar surface area (TPSA) is 59.8 Å². The third-order valence-electron chi connectivity index (χ3n) is 3.55. The van der Waals surface area contributed by atoms with Gasteiger partial charge in [0.1, 0.15) is 17.0 Å². The summed E-state index contributed by atoms with van der Waals surface area (Å²) in [6.07, 6.45) is 1.91. The molecule has 1 N–H and O–H groups in total. The van der Waals surface area contributed by atoms with Crippen molar-refractivity contribution in [2.75, 3.05) is 6.54 Å². The molecule has 0 aliphatic rings. The van der Waals surface area contributed by atoms with Gasteiger partial charge in [-0.1, -0.05) is 17.7 Å². The van der Waals surface area contributed by atoms with E-state index in [2.05, 4.69) is 15.3 Å². The number of hydrogen-bond acceptors (Lipinski definition) is 3. The van der Waals surface area contributed by atoms with Crippen molar-refractivity contribution in [3.05, 3.63) is 58.9 Å². The van der Waals surface area contributed by atoms with Crippen molar-refractivity contribution >= 4 is 28.5 Å². The fraction of sp³-hybridized carbons (Fsp3) is 0.188. The Labute approximate surface area is 137 Å². The van der Waals surface area contributed by atoms with Crippen molar-refractivity contribution in [1.29, 1.82) is 0 Å². The van der Waals surface area contributed by atoms with Crippen LogP contribution < -0.4 is 5.32 Å². The zero-order chi connectivity index (χ0) is 16.4. The molecule has 2 heterocycles. The second-order valence-electron chi connectivity index (χ2n) is 5.06. The lowest BCUT2D eigenvalue weighted by Crippen LogP contribution is -2.27. The molecule has 0 atom stereocenters. The Morgan fingerprint density at radius 2 is 2.17 bits per heavy atom. The molecule has 1 aromatic carbocycles. The van der Waals surface area contributed by atoms with Gasteiger partial charge >= 0.3 is 0 Å². The minimum absolute atomic E-state index is 0.286. The molecule has 0 bridgehead atoms. The van der Waals surface area contributed by atoms with Crippen LogP contribution in [0.4, 0.5) is 4.39 Å². The number of aromatic nitrogens is 3. The molecule has 7 heteroatoms. The SMILES string of the molecule is Cn1c(CCNC(=O)c2ccc(Cl)cn2)nc2c(F)cccc21. The zero-order valence-electron chi connectivity index (χ0n) is 12.4. The number of imidazole rings is 1. The van der Waals surface area contributed by atoms with Gasteiger partial charge in [-0.15, -0.1) is 0 Å². The fourth-order valence-corrected chi connectivity index (χ4v) is 2.45. The first kappa shape index (κ1) is 15.4. The minimum atomic E-state index is -0.348. The third kappa shape index (κ3) is 3.17. The van der Waals surface area contributed by atoms with E-state index in [1.165, 1.54) is 12.3 Å². The van der Waals surface area contributed by atoms with E-state index in [0.717, 1.165) is 5.52 Å². The van der Waals surface area contributed by atoms with Gasteiger partial charge in [0.05, 0.1) is 10.5 Å². The Kier molecular flexibility index (Phi) is 4.25. The number of hydrogen-bond donors (Lipinski definition) is 1. The number of pyridine rings is 1. The van der Waals surface area contributed by atoms with Crippen LogP contribution in [0.1, 0.15) is 16.3 Å². The smallest absolute Gasteiger partial charge is 0.269 e. The summed E-state index contributed by atoms with van der Waals surface area (Å²) >= 11 is 5.73. The van der Waals surface area contributed by atoms with Crippen LogP contribution in [0.5, 0.6) is 0 Å². The molecule has 3 rings (SSSR count). The molecule has 0 aliphatic carbocycles. The molecule has 23 heavy (non-hydrogen) atoms. The van der Waals surface area contributed by atoms with E-state index in [-0.39, 0.29) is 11.7 Å². The van der Waals surface area contributed by atoms with Crippen molar-refractivity contribution in [2.45, 2.75) is 6.42 Å². The second-order valence-corrected chi connectivity index (χ2v) is 5.50. The molecule has 5 nitrogen and oxygen atoms in total. The molecule has 0 radical (unpaired) electrons. The van der Waals surface area contributed by atoms with Gasteiger partial charge in [-0.05, 0) is 24.3 Å². The number of carbonyl (C=O) groups excluding carboxylic acids is 1. The average Bonchev–Trinajstić information content (AvgIpc) is 2.86. The lowest BCUT2D eigenvalue weighted by molar-refractivity contribution is 0.0949. The minimum Gasteiger partial charge on any atom is -0.350 e. The first-order chi connectivity index (χ1) is 11.1. The number of benzene rings is 1. The Morgan fingerprint density at radius 3 is 2.87 bits per heavy atom. The molecule has 1 amide bonds. The summed E-state index contributed by atoms with van der Waals surface area (Å²) in [6.45, 7) is 0.377. The summed E-state index contributed by atoms with van der Waals surface area (Å²) < 4.78 is 15.5. The lowest BCUT2D eigenvalue weighted by Gasteiger charge is -2.05. The van der Waals surface area contributed by atoms with Crippen molar-refractivity contribution in [3.8, 4) is 0 Å². The summed E-state index contributed by atoms with van der Waals surface area (Å²) in [5.41, 5.74) is 1.37. The summed E-state index contributed by atoms with van der Waals surface area (Å²) in [4.78, 5) is 20.2. The average molecular weight is 333 g/mol. The van der Waals surface area contributed by atoms with Gasteiger partial charge in [0.25, 0.3) is 5.91 Å². The van der Waals surface area contributed by atoms with Crippen LogP contribution in [0.25, 0.3) is 11.0 Å². The highest BCUT2D eigenvalue weighted by molar-refractivity contribution is 6.30. The van der Waals surface area contributed by atoms with E-state index in [1.807, 2.05) is 17.7 Å². The highest BCUT2D eigenvalue weighted by Gasteiger charge is 2.12. The van der Waals surface area contributed by atoms with Gasteiger partial charge in [0.2, 0.25) is 0 Å². The van der Waals surface area contributed by atoms with Crippen LogP contribution in [0.15, 0.2) is 36.5 Å². The van der Waals surface area contributed by atoms with Crippen molar-refractivity contribution < 1.29 is 9.18 Å². The summed E-state index contributed by atoms with van der Waals surface area (Å²) in [7, 11) is 1.83. The predicted molar refractivity (Wildman–Crippen MR) is 86.0 cm³/mol. The third-order valence-corrected chi connectivity index (χ3v) is 3.77. The summed E-state index contributed by atoms with van der Waals surface area (Å²) in [5.74, 6) is 0.0693. The Hall–Kier alpha value is -2.47. The van der Waals surface area contributed by atoms with Crippen molar-refractivity contribution in [3.63, 3.8) is 0 Å². The van der Waals surface area contributed by atoms with E-state index in [4.69, 9.17) is 11.6 Å². The molecule has 118 valence electrons. The monoisotopic (exact) mass is 332 g/mol. The van der Waals surface area contributed by atoms with Crippen molar-refractivity contribution in [1.82, 2.24) is 19.9 Å². The number of fused-ring (bicyclic) bond motifs is 1. The maximum absolute atomic E-state index is 13.7. The molecule has 3 aromatic rings. The fourth-order valence-electron chi connectivity index (χ4n) is 2.34. The Balaban J connectivity index is 1.67. The number of rotatable bonds is 4. The highest BCUT2D eigenvalue weighted by atomic mass is 35.5. The standard InChI is InChI=1S/C16H14ClFN4O/c1-22-13-4-2-3-11(18)15(13)21-14(22)7-8-19-16(23)12-6-5-10(17)9-20-12/h2-6,9H,7-8H2,1H3,(H,19,23). The number of aryl methyl sites for hydroxylation is 1. The van der Waals surface area contributed by atoms with Crippen LogP contribution in [-0.2, 0) is 13.5 Å². The molecule has 0 fully saturated rings. The summed E-state index contributed by atoms with van der Waals surface area (Å²) in [6, 6.07) is 8.01. The van der Waals surface area contributed by atoms with Gasteiger partial charge in [-0.25, -0.2) is 14.4 Å². The summed E-state index contributed by atoms with van der Waals surface area (Å²) in [5, 5.41) is 3.24. The Bertz CT molecular complexity index is 860. The molecule has 0 unspecified atom stereocenters. The van der Waals surface area contributed by atoms with Crippen LogP contribution in [0.3, 0.4) is 0 Å². The van der Waals surface area contributed by atoms with Gasteiger partial charge in [-0.3, -0.25) is 4.79 Å². The van der Waals surface area contributed by atoms with Crippen LogP contribution in [0, 0.1) is 5.82 Å². The van der Waals surface area contributed by atoms with Crippen LogP contribution in [0.2, 0.25) is 5.02 Å². The predicted octanol–water partition coefficient (Wildman–Crippen LogP) is 2.73. The first-order valence-corrected chi connectivity index (χ1v) is 7.43. The normalized spacial score (nSPS) is 10.9. The molecule has 0 saturated carbocycles. The number of carbonyl (C=O) groups is 1. The largest absolute Gasteiger partial charge is 0.350 e. The number of amides is 1. The molecule has 0 saturated heterocycles. The molecule has 0 aliphatic heterocycles. The zero-order valence-corrected chi connectivity index (χ0v) is 13.1. The maximum atomic E-state index is 13.7. The number of nitrogens with one attached hydrogen (secondary N) is 1. The van der Waals surface area contributed by atoms with E-state index in [1.54, 1.807) is 18.2 Å². The number of halogens is 2. The van der Waals surface area contributed by atoms with Crippen molar-refractivity contribution in [2.24, 2.45) is 7.05 Å². The van der Waals surface area contributed by atoms with Gasteiger partial charge in [-0.2, -0.15) is 0 Å². The molecule has 0 spiro atoms. The molecular formula is C16H14ClFN4O. The van der Waals surface area contributed by atoms with E-state index < -0.39 is 0 Å². The number of nitrogens with zero attached hydrogens (tertiary/aromatic N) is 3. The molecule has 2 aromatic heterocycles. The second kappa shape index (κ2) is 6.34. The molecular weight excluding hydrogens is 319 g/mol. The maximum Gasteiger partial charge on any atom is 0.269 e. The number of para-hydroxylation sites is 1. The highest BCUT2D eigenvalue weighted by Crippen LogP contribution is 2.18. The van der Waals surface area contributed by atoms with Gasteiger partial charge in [0.15, 0.2) is 5.82 Å². The van der Waals surface area contributed by atoms with Gasteiger partial charge < -0.3 is 9.88 Å². The Morgan fingerprint density at radius 1 is 1.35 bits per heavy atom. The lowest BCUT2D eigenvalue weighted by atomic mass is 10.3. The van der Waals surface area contributed by atoms with Gasteiger partial charge in [0, 0.05) is 26.2 Å². The van der Waals surface area contributed by atoms with E-state index >= 15 is 0 Å². The van der Waals surface area contributed by atoms with E-state index in [0.29, 0.717) is 35.0 Å². The van der Waals surface area contributed by atoms with Crippen LogP contribution >= 0.6 is 11.6 Å².